The summed E-state index contributed by atoms with van der Waals surface area (Å²) in [6, 6.07) is 15.2. The second kappa shape index (κ2) is 5.27. The standard InChI is InChI=1S/C17H14O5/c18-15(19)10-14(11-6-2-1-3-7-11)17(21)13-9-5-4-8-12(13)16(20)22-17/h1-9,14,21H,10H2,(H,18,19)/t14-,17-/m0/s1. The fourth-order valence-corrected chi connectivity index (χ4v) is 2.83. The zero-order chi connectivity index (χ0) is 15.7. The van der Waals surface area contributed by atoms with Gasteiger partial charge in [-0.1, -0.05) is 48.5 Å². The molecule has 0 radical (unpaired) electrons. The first-order chi connectivity index (χ1) is 10.5. The summed E-state index contributed by atoms with van der Waals surface area (Å²) in [5.74, 6) is -4.60. The molecule has 22 heavy (non-hydrogen) atoms. The molecule has 0 aliphatic carbocycles. The Labute approximate surface area is 126 Å². The second-order valence-electron chi connectivity index (χ2n) is 5.19. The van der Waals surface area contributed by atoms with Gasteiger partial charge in [-0.2, -0.15) is 0 Å². The van der Waals surface area contributed by atoms with Gasteiger partial charge in [0.1, 0.15) is 0 Å². The minimum Gasteiger partial charge on any atom is -0.481 e. The van der Waals surface area contributed by atoms with E-state index in [2.05, 4.69) is 0 Å². The number of fused-ring (bicyclic) bond motifs is 1. The van der Waals surface area contributed by atoms with Crippen molar-refractivity contribution in [3.63, 3.8) is 0 Å². The third-order valence-electron chi connectivity index (χ3n) is 3.83. The lowest BCUT2D eigenvalue weighted by Gasteiger charge is -2.31. The van der Waals surface area contributed by atoms with Gasteiger partial charge in [-0.15, -0.1) is 0 Å². The van der Waals surface area contributed by atoms with Gasteiger partial charge in [-0.3, -0.25) is 4.79 Å². The lowest BCUT2D eigenvalue weighted by atomic mass is 9.83. The molecule has 0 amide bonds. The van der Waals surface area contributed by atoms with Gasteiger partial charge in [-0.25, -0.2) is 4.79 Å². The van der Waals surface area contributed by atoms with Gasteiger partial charge in [0.25, 0.3) is 0 Å². The quantitative estimate of drug-likeness (QED) is 0.846. The normalized spacial score (nSPS) is 21.0. The Balaban J connectivity index is 2.12. The SMILES string of the molecule is O=C(O)C[C@@H](c1ccccc1)[C@@]1(O)OC(=O)c2ccccc21. The molecule has 5 heteroatoms. The van der Waals surface area contributed by atoms with E-state index in [1.165, 1.54) is 0 Å². The van der Waals surface area contributed by atoms with Crippen molar-refractivity contribution < 1.29 is 24.5 Å². The van der Waals surface area contributed by atoms with E-state index in [4.69, 9.17) is 4.74 Å². The molecule has 0 saturated carbocycles. The van der Waals surface area contributed by atoms with Crippen LogP contribution >= 0.6 is 0 Å². The number of benzene rings is 2. The average molecular weight is 298 g/mol. The third-order valence-corrected chi connectivity index (χ3v) is 3.83. The third kappa shape index (κ3) is 2.25. The molecular formula is C17H14O5. The van der Waals surface area contributed by atoms with Gasteiger partial charge in [-0.05, 0) is 11.6 Å². The summed E-state index contributed by atoms with van der Waals surface area (Å²) in [6.45, 7) is 0. The van der Waals surface area contributed by atoms with Gasteiger partial charge in [0.05, 0.1) is 17.9 Å². The summed E-state index contributed by atoms with van der Waals surface area (Å²) in [4.78, 5) is 23.2. The van der Waals surface area contributed by atoms with Gasteiger partial charge in [0.2, 0.25) is 5.79 Å². The van der Waals surface area contributed by atoms with E-state index in [9.17, 15) is 19.8 Å². The first-order valence-corrected chi connectivity index (χ1v) is 6.84. The predicted octanol–water partition coefficient (Wildman–Crippen LogP) is 2.26. The van der Waals surface area contributed by atoms with Crippen molar-refractivity contribution in [2.75, 3.05) is 0 Å². The maximum Gasteiger partial charge on any atom is 0.341 e. The van der Waals surface area contributed by atoms with Crippen molar-refractivity contribution in [3.05, 3.63) is 71.3 Å². The summed E-state index contributed by atoms with van der Waals surface area (Å²) in [5.41, 5.74) is 1.16. The van der Waals surface area contributed by atoms with Crippen LogP contribution in [-0.4, -0.2) is 22.2 Å². The lowest BCUT2D eigenvalue weighted by molar-refractivity contribution is -0.186. The van der Waals surface area contributed by atoms with Crippen LogP contribution in [0.2, 0.25) is 0 Å². The Hall–Kier alpha value is -2.66. The molecular weight excluding hydrogens is 284 g/mol. The van der Waals surface area contributed by atoms with Gasteiger partial charge < -0.3 is 14.9 Å². The molecule has 0 aromatic heterocycles. The number of carbonyl (C=O) groups is 2. The lowest BCUT2D eigenvalue weighted by Crippen LogP contribution is -2.35. The molecule has 0 unspecified atom stereocenters. The molecule has 0 bridgehead atoms. The van der Waals surface area contributed by atoms with Crippen molar-refractivity contribution >= 4 is 11.9 Å². The van der Waals surface area contributed by atoms with E-state index in [-0.39, 0.29) is 12.0 Å². The van der Waals surface area contributed by atoms with Crippen molar-refractivity contribution in [3.8, 4) is 0 Å². The van der Waals surface area contributed by atoms with Crippen LogP contribution in [0.5, 0.6) is 0 Å². The molecule has 0 spiro atoms. The van der Waals surface area contributed by atoms with Crippen molar-refractivity contribution in [2.45, 2.75) is 18.1 Å². The zero-order valence-electron chi connectivity index (χ0n) is 11.6. The number of aliphatic carboxylic acids is 1. The maximum atomic E-state index is 12.0. The van der Waals surface area contributed by atoms with E-state index in [0.29, 0.717) is 11.1 Å². The van der Waals surface area contributed by atoms with Gasteiger partial charge in [0, 0.05) is 5.56 Å². The van der Waals surface area contributed by atoms with Crippen LogP contribution in [0.15, 0.2) is 54.6 Å². The van der Waals surface area contributed by atoms with Gasteiger partial charge in [0.15, 0.2) is 0 Å². The number of hydrogen-bond donors (Lipinski definition) is 2. The highest BCUT2D eigenvalue weighted by molar-refractivity contribution is 5.94. The Morgan fingerprint density at radius 2 is 1.73 bits per heavy atom. The Kier molecular flexibility index (Phi) is 3.42. The fourth-order valence-electron chi connectivity index (χ4n) is 2.83. The molecule has 1 aliphatic rings. The number of carboxylic acid groups (broad SMARTS) is 1. The molecule has 2 aromatic rings. The predicted molar refractivity (Wildman–Crippen MR) is 77.2 cm³/mol. The van der Waals surface area contributed by atoms with Crippen LogP contribution in [0, 0.1) is 0 Å². The Bertz CT molecular complexity index is 725. The zero-order valence-corrected chi connectivity index (χ0v) is 11.6. The van der Waals surface area contributed by atoms with Crippen LogP contribution in [-0.2, 0) is 15.3 Å². The fraction of sp³-hybridized carbons (Fsp3) is 0.176. The topological polar surface area (TPSA) is 83.8 Å². The van der Waals surface area contributed by atoms with E-state index in [1.54, 1.807) is 54.6 Å². The maximum absolute atomic E-state index is 12.0. The first-order valence-electron chi connectivity index (χ1n) is 6.84. The largest absolute Gasteiger partial charge is 0.481 e. The second-order valence-corrected chi connectivity index (χ2v) is 5.19. The molecule has 112 valence electrons. The smallest absolute Gasteiger partial charge is 0.341 e. The molecule has 0 fully saturated rings. The highest BCUT2D eigenvalue weighted by atomic mass is 16.7. The minimum absolute atomic E-state index is 0.260. The van der Waals surface area contributed by atoms with Crippen LogP contribution in [0.1, 0.15) is 33.8 Å². The van der Waals surface area contributed by atoms with E-state index >= 15 is 0 Å². The molecule has 1 aliphatic heterocycles. The summed E-state index contributed by atoms with van der Waals surface area (Å²) in [5, 5.41) is 20.2. The summed E-state index contributed by atoms with van der Waals surface area (Å²) < 4.78 is 5.19. The first kappa shape index (κ1) is 14.3. The van der Waals surface area contributed by atoms with E-state index in [0.717, 1.165) is 0 Å². The number of ether oxygens (including phenoxy) is 1. The van der Waals surface area contributed by atoms with Crippen LogP contribution in [0.4, 0.5) is 0 Å². The van der Waals surface area contributed by atoms with Crippen LogP contribution in [0.25, 0.3) is 0 Å². The van der Waals surface area contributed by atoms with Crippen LogP contribution in [0.3, 0.4) is 0 Å². The summed E-state index contributed by atoms with van der Waals surface area (Å²) in [6.07, 6.45) is -0.359. The Morgan fingerprint density at radius 3 is 2.41 bits per heavy atom. The van der Waals surface area contributed by atoms with Crippen molar-refractivity contribution in [2.24, 2.45) is 0 Å². The molecule has 3 rings (SSSR count). The number of esters is 1. The van der Waals surface area contributed by atoms with E-state index in [1.807, 2.05) is 0 Å². The van der Waals surface area contributed by atoms with Crippen LogP contribution < -0.4 is 0 Å². The number of hydrogen-bond acceptors (Lipinski definition) is 4. The van der Waals surface area contributed by atoms with Crippen molar-refractivity contribution in [1.82, 2.24) is 0 Å². The molecule has 2 N–H and O–H groups in total. The summed E-state index contributed by atoms with van der Waals surface area (Å²) >= 11 is 0. The summed E-state index contributed by atoms with van der Waals surface area (Å²) in [7, 11) is 0. The molecule has 2 atom stereocenters. The molecule has 2 aromatic carbocycles. The monoisotopic (exact) mass is 298 g/mol. The minimum atomic E-state index is -1.98. The number of rotatable bonds is 4. The number of cyclic esters (lactones) is 1. The highest BCUT2D eigenvalue weighted by Crippen LogP contribution is 2.46. The molecule has 0 saturated heterocycles. The average Bonchev–Trinajstić information content (AvgIpc) is 2.78. The highest BCUT2D eigenvalue weighted by Gasteiger charge is 2.51. The number of carboxylic acids is 1. The number of aliphatic hydroxyl groups is 1. The molecule has 5 nitrogen and oxygen atoms in total. The van der Waals surface area contributed by atoms with E-state index < -0.39 is 23.6 Å². The molecule has 1 heterocycles. The Morgan fingerprint density at radius 1 is 1.09 bits per heavy atom. The van der Waals surface area contributed by atoms with Crippen molar-refractivity contribution in [1.29, 1.82) is 0 Å². The van der Waals surface area contributed by atoms with Gasteiger partial charge >= 0.3 is 11.9 Å². The number of carbonyl (C=O) groups excluding carboxylic acids is 1.